The molecule has 0 radical (unpaired) electrons. The average Bonchev–Trinajstić information content (AvgIpc) is 3.27. The molecule has 21 nitrogen and oxygen atoms in total. The number of anilines is 1. The molecule has 1 aromatic rings. The smallest absolute Gasteiger partial charge is 0.331 e. The molecule has 0 aliphatic heterocycles. The van der Waals surface area contributed by atoms with Crippen LogP contribution in [0.3, 0.4) is 0 Å². The zero-order chi connectivity index (χ0) is 53.4. The fourth-order valence-electron chi connectivity index (χ4n) is 7.08. The molecule has 21 heteroatoms. The lowest BCUT2D eigenvalue weighted by Crippen LogP contribution is -2.61. The third kappa shape index (κ3) is 22.1. The molecule has 0 spiro atoms. The SMILES string of the molecule is CCCOCCOCCOCCOCCC(=O)NC(C)C(=O)NC(C)C(=O)NC(CC(N)=O)C(=O)Nc1cccc(C(C)(C)C(NC)C(=O)NC(C(=O)N(C)C(/C=C(\C)C(=O)O)C(C)C)C(C)(C)C)c1. The first-order valence-corrected chi connectivity index (χ1v) is 23.8. The molecular weight excluding hydrogens is 909 g/mol. The highest BCUT2D eigenvalue weighted by molar-refractivity contribution is 6.01. The van der Waals surface area contributed by atoms with Crippen molar-refractivity contribution in [3.63, 3.8) is 0 Å². The fraction of sp³-hybridized carbons (Fsp3) is 0.673. The summed E-state index contributed by atoms with van der Waals surface area (Å²) < 4.78 is 21.6. The third-order valence-electron chi connectivity index (χ3n) is 11.3. The van der Waals surface area contributed by atoms with Gasteiger partial charge in [-0.1, -0.05) is 73.6 Å². The molecule has 6 unspecified atom stereocenters. The molecule has 0 saturated heterocycles. The van der Waals surface area contributed by atoms with Gasteiger partial charge in [0, 0.05) is 36.8 Å². The number of carbonyl (C=O) groups excluding carboxylic acids is 7. The second-order valence-electron chi connectivity index (χ2n) is 19.1. The monoisotopic (exact) mass is 991 g/mol. The number of carboxylic acid groups (broad SMARTS) is 1. The number of primary amides is 1. The largest absolute Gasteiger partial charge is 0.478 e. The van der Waals surface area contributed by atoms with Crippen molar-refractivity contribution in [3.8, 4) is 0 Å². The Morgan fingerprint density at radius 3 is 1.76 bits per heavy atom. The van der Waals surface area contributed by atoms with Gasteiger partial charge in [-0.15, -0.1) is 0 Å². The predicted molar refractivity (Wildman–Crippen MR) is 264 cm³/mol. The van der Waals surface area contributed by atoms with Crippen molar-refractivity contribution < 1.29 is 62.4 Å². The van der Waals surface area contributed by atoms with Crippen LogP contribution in [0, 0.1) is 11.3 Å². The molecule has 1 aromatic carbocycles. The first-order chi connectivity index (χ1) is 32.7. The Labute approximate surface area is 413 Å². The maximum absolute atomic E-state index is 14.2. The fourth-order valence-corrected chi connectivity index (χ4v) is 7.08. The van der Waals surface area contributed by atoms with E-state index in [9.17, 15) is 43.5 Å². The second-order valence-corrected chi connectivity index (χ2v) is 19.1. The van der Waals surface area contributed by atoms with E-state index in [4.69, 9.17) is 24.7 Å². The first kappa shape index (κ1) is 62.5. The van der Waals surface area contributed by atoms with Gasteiger partial charge in [-0.05, 0) is 63.3 Å². The van der Waals surface area contributed by atoms with Crippen molar-refractivity contribution in [3.05, 3.63) is 41.5 Å². The number of hydrogen-bond donors (Lipinski definition) is 8. The van der Waals surface area contributed by atoms with Crippen LogP contribution >= 0.6 is 0 Å². The molecule has 70 heavy (non-hydrogen) atoms. The Morgan fingerprint density at radius 1 is 0.729 bits per heavy atom. The average molecular weight is 991 g/mol. The van der Waals surface area contributed by atoms with Crippen molar-refractivity contribution in [2.45, 2.75) is 137 Å². The maximum Gasteiger partial charge on any atom is 0.331 e. The van der Waals surface area contributed by atoms with Gasteiger partial charge < -0.3 is 66.6 Å². The summed E-state index contributed by atoms with van der Waals surface area (Å²) in [5.41, 5.74) is 4.66. The summed E-state index contributed by atoms with van der Waals surface area (Å²) >= 11 is 0. The molecule has 0 bridgehead atoms. The molecule has 0 saturated carbocycles. The lowest BCUT2D eigenvalue weighted by Gasteiger charge is -2.40. The number of hydrogen-bond acceptors (Lipinski definition) is 13. The van der Waals surface area contributed by atoms with E-state index in [-0.39, 0.29) is 36.8 Å². The van der Waals surface area contributed by atoms with Crippen LogP contribution in [0.15, 0.2) is 35.9 Å². The zero-order valence-corrected chi connectivity index (χ0v) is 43.6. The number of nitrogens with zero attached hydrogens (tertiary/aromatic N) is 1. The van der Waals surface area contributed by atoms with E-state index < -0.39 is 101 Å². The molecule has 0 heterocycles. The molecule has 7 amide bonds. The molecule has 396 valence electrons. The van der Waals surface area contributed by atoms with Crippen LogP contribution in [0.4, 0.5) is 5.69 Å². The highest BCUT2D eigenvalue weighted by Gasteiger charge is 2.42. The van der Waals surface area contributed by atoms with Gasteiger partial charge in [0.25, 0.3) is 0 Å². The molecule has 6 atom stereocenters. The Morgan fingerprint density at radius 2 is 1.26 bits per heavy atom. The summed E-state index contributed by atoms with van der Waals surface area (Å²) in [5.74, 6) is -5.76. The molecule has 9 N–H and O–H groups in total. The van der Waals surface area contributed by atoms with E-state index in [1.54, 1.807) is 52.2 Å². The van der Waals surface area contributed by atoms with Gasteiger partial charge in [-0.3, -0.25) is 33.6 Å². The molecule has 0 aliphatic rings. The Hall–Kier alpha value is -5.48. The van der Waals surface area contributed by atoms with Crippen molar-refractivity contribution in [1.82, 2.24) is 31.5 Å². The van der Waals surface area contributed by atoms with Crippen LogP contribution in [-0.4, -0.2) is 161 Å². The first-order valence-electron chi connectivity index (χ1n) is 23.8. The van der Waals surface area contributed by atoms with E-state index in [0.29, 0.717) is 45.2 Å². The quantitative estimate of drug-likeness (QED) is 0.0368. The summed E-state index contributed by atoms with van der Waals surface area (Å²) in [4.78, 5) is 106. The molecular formula is C49H82N8O13. The minimum absolute atomic E-state index is 0.0285. The minimum Gasteiger partial charge on any atom is -0.478 e. The van der Waals surface area contributed by atoms with Gasteiger partial charge in [0.15, 0.2) is 0 Å². The van der Waals surface area contributed by atoms with Gasteiger partial charge in [0.05, 0.1) is 64.8 Å². The van der Waals surface area contributed by atoms with Gasteiger partial charge >= 0.3 is 5.97 Å². The van der Waals surface area contributed by atoms with Crippen LogP contribution in [0.25, 0.3) is 0 Å². The maximum atomic E-state index is 14.2. The lowest BCUT2D eigenvalue weighted by atomic mass is 9.76. The number of nitrogens with one attached hydrogen (secondary N) is 6. The highest BCUT2D eigenvalue weighted by Crippen LogP contribution is 2.31. The number of aliphatic carboxylic acids is 1. The van der Waals surface area contributed by atoms with Crippen LogP contribution in [0.5, 0.6) is 0 Å². The van der Waals surface area contributed by atoms with Gasteiger partial charge in [-0.25, -0.2) is 4.79 Å². The normalized spacial score (nSPS) is 14.6. The van der Waals surface area contributed by atoms with E-state index in [0.717, 1.165) is 6.42 Å². The van der Waals surface area contributed by atoms with Crippen LogP contribution in [-0.2, 0) is 62.7 Å². The topological polar surface area (TPSA) is 295 Å². The Balaban J connectivity index is 2.95. The van der Waals surface area contributed by atoms with Gasteiger partial charge in [0.2, 0.25) is 41.4 Å². The van der Waals surface area contributed by atoms with E-state index in [1.807, 2.05) is 41.5 Å². The predicted octanol–water partition coefficient (Wildman–Crippen LogP) is 1.77. The number of benzene rings is 1. The number of carbonyl (C=O) groups is 8. The minimum atomic E-state index is -1.45. The zero-order valence-electron chi connectivity index (χ0n) is 43.6. The summed E-state index contributed by atoms with van der Waals surface area (Å²) in [6.07, 6.45) is 1.87. The number of carboxylic acids is 1. The summed E-state index contributed by atoms with van der Waals surface area (Å²) in [5, 5.41) is 25.7. The molecule has 0 fully saturated rings. The molecule has 1 rings (SSSR count). The van der Waals surface area contributed by atoms with Gasteiger partial charge in [-0.2, -0.15) is 0 Å². The van der Waals surface area contributed by atoms with Crippen molar-refractivity contribution in [2.24, 2.45) is 17.1 Å². The van der Waals surface area contributed by atoms with Gasteiger partial charge in [0.1, 0.15) is 24.2 Å². The third-order valence-corrected chi connectivity index (χ3v) is 11.3. The highest BCUT2D eigenvalue weighted by atomic mass is 16.6. The van der Waals surface area contributed by atoms with E-state index in [1.165, 1.54) is 31.7 Å². The van der Waals surface area contributed by atoms with Crippen LogP contribution in [0.1, 0.15) is 101 Å². The number of ether oxygens (including phenoxy) is 4. The molecule has 0 aliphatic carbocycles. The van der Waals surface area contributed by atoms with Crippen LogP contribution in [0.2, 0.25) is 0 Å². The number of nitrogens with two attached hydrogens (primary N) is 1. The van der Waals surface area contributed by atoms with Crippen molar-refractivity contribution in [2.75, 3.05) is 72.3 Å². The Bertz CT molecular complexity index is 1920. The Kier molecular flexibility index (Phi) is 27.7. The number of amides is 7. The standard InChI is InChI=1S/C49H82N8O13/c1-14-19-67-21-23-69-25-26-70-24-22-68-20-18-39(59)52-32(5)42(60)53-33(6)43(61)55-36(29-38(50)58)44(62)54-35-17-15-16-34(28-35)49(10,11)40(51-12)45(63)56-41(48(7,8)9)46(64)57(13)37(30(2)3)27-31(4)47(65)66/h15-17,27-28,30,32-33,36-37,40-41,51H,14,18-26,29H2,1-13H3,(H2,50,58)(H,52,59)(H,53,60)(H,54,62)(H,55,61)(H,56,63)(H,65,66)/b31-27+. The van der Waals surface area contributed by atoms with Crippen LogP contribution < -0.4 is 37.6 Å². The van der Waals surface area contributed by atoms with E-state index in [2.05, 4.69) is 31.9 Å². The summed E-state index contributed by atoms with van der Waals surface area (Å²) in [6, 6.07) is 0.441. The lowest BCUT2D eigenvalue weighted by molar-refractivity contribution is -0.141. The van der Waals surface area contributed by atoms with Crippen molar-refractivity contribution in [1.29, 1.82) is 0 Å². The summed E-state index contributed by atoms with van der Waals surface area (Å²) in [7, 11) is 3.18. The number of rotatable bonds is 33. The number of likely N-dealkylation sites (N-methyl/N-ethyl adjacent to an activating group) is 2. The van der Waals surface area contributed by atoms with Crippen molar-refractivity contribution >= 4 is 53.0 Å². The van der Waals surface area contributed by atoms with E-state index >= 15 is 0 Å². The molecule has 0 aromatic heterocycles. The summed E-state index contributed by atoms with van der Waals surface area (Å²) in [6.45, 7) is 22.3. The second kappa shape index (κ2) is 31.0.